The summed E-state index contributed by atoms with van der Waals surface area (Å²) in [6.45, 7) is 3.71. The SMILES string of the molecule is C=CCOc1ccccc1C(O)C(O)C(=O)O. The van der Waals surface area contributed by atoms with Crippen molar-refractivity contribution in [2.24, 2.45) is 0 Å². The molecule has 0 radical (unpaired) electrons. The molecule has 0 aliphatic rings. The summed E-state index contributed by atoms with van der Waals surface area (Å²) >= 11 is 0. The first-order valence-corrected chi connectivity index (χ1v) is 4.99. The van der Waals surface area contributed by atoms with Crippen molar-refractivity contribution in [3.8, 4) is 5.75 Å². The van der Waals surface area contributed by atoms with Crippen molar-refractivity contribution < 1.29 is 24.9 Å². The summed E-state index contributed by atoms with van der Waals surface area (Å²) in [6.07, 6.45) is -1.89. The maximum atomic E-state index is 10.6. The summed E-state index contributed by atoms with van der Waals surface area (Å²) in [7, 11) is 0. The lowest BCUT2D eigenvalue weighted by molar-refractivity contribution is -0.153. The van der Waals surface area contributed by atoms with Gasteiger partial charge in [0.25, 0.3) is 0 Å². The van der Waals surface area contributed by atoms with E-state index in [-0.39, 0.29) is 12.2 Å². The van der Waals surface area contributed by atoms with Gasteiger partial charge >= 0.3 is 5.97 Å². The number of para-hydroxylation sites is 1. The van der Waals surface area contributed by atoms with Crippen molar-refractivity contribution in [3.63, 3.8) is 0 Å². The van der Waals surface area contributed by atoms with E-state index in [0.717, 1.165) is 0 Å². The van der Waals surface area contributed by atoms with Crippen LogP contribution in [0.5, 0.6) is 5.75 Å². The summed E-state index contributed by atoms with van der Waals surface area (Å²) in [5.74, 6) is -1.17. The van der Waals surface area contributed by atoms with Gasteiger partial charge in [-0.05, 0) is 6.07 Å². The fourth-order valence-corrected chi connectivity index (χ4v) is 1.31. The minimum Gasteiger partial charge on any atom is -0.489 e. The molecule has 17 heavy (non-hydrogen) atoms. The van der Waals surface area contributed by atoms with E-state index in [1.165, 1.54) is 12.1 Å². The highest BCUT2D eigenvalue weighted by molar-refractivity contribution is 5.73. The predicted molar refractivity (Wildman–Crippen MR) is 60.7 cm³/mol. The van der Waals surface area contributed by atoms with E-state index in [4.69, 9.17) is 9.84 Å². The molecule has 0 saturated carbocycles. The maximum absolute atomic E-state index is 10.6. The zero-order valence-corrected chi connectivity index (χ0v) is 9.11. The van der Waals surface area contributed by atoms with Crippen LogP contribution in [-0.2, 0) is 4.79 Å². The van der Waals surface area contributed by atoms with Crippen molar-refractivity contribution >= 4 is 5.97 Å². The number of ether oxygens (including phenoxy) is 1. The number of aliphatic hydroxyl groups is 2. The monoisotopic (exact) mass is 238 g/mol. The molecule has 0 aliphatic carbocycles. The van der Waals surface area contributed by atoms with Gasteiger partial charge in [-0.1, -0.05) is 30.9 Å². The molecule has 0 saturated heterocycles. The Morgan fingerprint density at radius 1 is 1.41 bits per heavy atom. The van der Waals surface area contributed by atoms with Crippen LogP contribution in [0.1, 0.15) is 11.7 Å². The maximum Gasteiger partial charge on any atom is 0.335 e. The molecule has 0 amide bonds. The number of carbonyl (C=O) groups is 1. The highest BCUT2D eigenvalue weighted by atomic mass is 16.5. The van der Waals surface area contributed by atoms with Gasteiger partial charge in [0.15, 0.2) is 6.10 Å². The molecule has 1 aromatic rings. The Morgan fingerprint density at radius 2 is 2.06 bits per heavy atom. The molecule has 5 nitrogen and oxygen atoms in total. The first kappa shape index (κ1) is 13.2. The Kier molecular flexibility index (Phi) is 4.68. The molecule has 1 rings (SSSR count). The molecule has 0 spiro atoms. The second kappa shape index (κ2) is 6.03. The number of hydrogen-bond acceptors (Lipinski definition) is 4. The van der Waals surface area contributed by atoms with Gasteiger partial charge in [-0.25, -0.2) is 4.79 Å². The van der Waals surface area contributed by atoms with Gasteiger partial charge in [0.1, 0.15) is 18.5 Å². The van der Waals surface area contributed by atoms with Crippen LogP contribution in [0, 0.1) is 0 Å². The molecule has 0 heterocycles. The van der Waals surface area contributed by atoms with E-state index >= 15 is 0 Å². The van der Waals surface area contributed by atoms with Crippen molar-refractivity contribution in [1.82, 2.24) is 0 Å². The zero-order chi connectivity index (χ0) is 12.8. The lowest BCUT2D eigenvalue weighted by Gasteiger charge is -2.17. The normalized spacial score (nSPS) is 13.8. The Labute approximate surface area is 98.6 Å². The number of rotatable bonds is 6. The summed E-state index contributed by atoms with van der Waals surface area (Å²) in [5.41, 5.74) is 0.226. The van der Waals surface area contributed by atoms with Crippen LogP contribution in [-0.4, -0.2) is 34.0 Å². The third kappa shape index (κ3) is 3.30. The van der Waals surface area contributed by atoms with Gasteiger partial charge < -0.3 is 20.1 Å². The number of hydrogen-bond donors (Lipinski definition) is 3. The smallest absolute Gasteiger partial charge is 0.335 e. The quantitative estimate of drug-likeness (QED) is 0.636. The van der Waals surface area contributed by atoms with Gasteiger partial charge in [0, 0.05) is 5.56 Å². The van der Waals surface area contributed by atoms with Crippen LogP contribution in [0.25, 0.3) is 0 Å². The molecule has 0 bridgehead atoms. The Balaban J connectivity index is 2.95. The largest absolute Gasteiger partial charge is 0.489 e. The number of aliphatic hydroxyl groups excluding tert-OH is 2. The minimum atomic E-state index is -1.89. The van der Waals surface area contributed by atoms with Gasteiger partial charge in [-0.15, -0.1) is 0 Å². The van der Waals surface area contributed by atoms with Crippen LogP contribution in [0.4, 0.5) is 0 Å². The average molecular weight is 238 g/mol. The van der Waals surface area contributed by atoms with E-state index < -0.39 is 18.2 Å². The number of carboxylic acids is 1. The van der Waals surface area contributed by atoms with E-state index in [2.05, 4.69) is 6.58 Å². The van der Waals surface area contributed by atoms with Gasteiger partial charge in [0.05, 0.1) is 0 Å². The fourth-order valence-electron chi connectivity index (χ4n) is 1.31. The minimum absolute atomic E-state index is 0.226. The molecule has 1 aromatic carbocycles. The van der Waals surface area contributed by atoms with Crippen molar-refractivity contribution in [2.45, 2.75) is 12.2 Å². The third-order valence-electron chi connectivity index (χ3n) is 2.15. The second-order valence-electron chi connectivity index (χ2n) is 3.37. The third-order valence-corrected chi connectivity index (χ3v) is 2.15. The molecule has 0 fully saturated rings. The first-order chi connectivity index (χ1) is 8.07. The molecule has 0 aromatic heterocycles. The number of benzene rings is 1. The molecule has 3 N–H and O–H groups in total. The van der Waals surface area contributed by atoms with E-state index in [1.807, 2.05) is 0 Å². The van der Waals surface area contributed by atoms with Crippen molar-refractivity contribution in [1.29, 1.82) is 0 Å². The molecule has 2 atom stereocenters. The van der Waals surface area contributed by atoms with Gasteiger partial charge in [-0.3, -0.25) is 0 Å². The molecule has 92 valence electrons. The highest BCUT2D eigenvalue weighted by Gasteiger charge is 2.27. The van der Waals surface area contributed by atoms with Crippen LogP contribution in [0.15, 0.2) is 36.9 Å². The Morgan fingerprint density at radius 3 is 2.65 bits per heavy atom. The zero-order valence-electron chi connectivity index (χ0n) is 9.11. The topological polar surface area (TPSA) is 87.0 Å². The summed E-state index contributed by atoms with van der Waals surface area (Å²) in [6, 6.07) is 6.38. The van der Waals surface area contributed by atoms with Crippen molar-refractivity contribution in [2.75, 3.05) is 6.61 Å². The Bertz CT molecular complexity index is 402. The Hall–Kier alpha value is -1.85. The van der Waals surface area contributed by atoms with Crippen LogP contribution in [0.2, 0.25) is 0 Å². The molecule has 0 aliphatic heterocycles. The fraction of sp³-hybridized carbons (Fsp3) is 0.250. The summed E-state index contributed by atoms with van der Waals surface area (Å²) in [5, 5.41) is 27.6. The number of aliphatic carboxylic acids is 1. The van der Waals surface area contributed by atoms with Crippen LogP contribution < -0.4 is 4.74 Å². The van der Waals surface area contributed by atoms with E-state index in [9.17, 15) is 15.0 Å². The van der Waals surface area contributed by atoms with Crippen LogP contribution in [0.3, 0.4) is 0 Å². The van der Waals surface area contributed by atoms with E-state index in [1.54, 1.807) is 18.2 Å². The average Bonchev–Trinajstić information content (AvgIpc) is 2.34. The highest BCUT2D eigenvalue weighted by Crippen LogP contribution is 2.27. The standard InChI is InChI=1S/C12H14O5/c1-2-7-17-9-6-4-3-5-8(9)10(13)11(14)12(15)16/h2-6,10-11,13-14H,1,7H2,(H,15,16). The molecule has 5 heteroatoms. The first-order valence-electron chi connectivity index (χ1n) is 4.99. The number of carboxylic acid groups (broad SMARTS) is 1. The predicted octanol–water partition coefficient (Wildman–Crippen LogP) is 0.730. The lowest BCUT2D eigenvalue weighted by atomic mass is 10.0. The van der Waals surface area contributed by atoms with E-state index in [0.29, 0.717) is 5.75 Å². The van der Waals surface area contributed by atoms with Crippen molar-refractivity contribution in [3.05, 3.63) is 42.5 Å². The second-order valence-corrected chi connectivity index (χ2v) is 3.37. The molecular weight excluding hydrogens is 224 g/mol. The molecule has 2 unspecified atom stereocenters. The van der Waals surface area contributed by atoms with Gasteiger partial charge in [0.2, 0.25) is 0 Å². The van der Waals surface area contributed by atoms with Crippen LogP contribution >= 0.6 is 0 Å². The molecular formula is C12H14O5. The summed E-state index contributed by atoms with van der Waals surface area (Å²) < 4.78 is 5.26. The summed E-state index contributed by atoms with van der Waals surface area (Å²) in [4.78, 5) is 10.6. The lowest BCUT2D eigenvalue weighted by Crippen LogP contribution is -2.27. The van der Waals surface area contributed by atoms with Gasteiger partial charge in [-0.2, -0.15) is 0 Å².